The van der Waals surface area contributed by atoms with Crippen LogP contribution in [0, 0.1) is 11.6 Å². The number of carbonyl (C=O) groups is 3. The first-order valence-corrected chi connectivity index (χ1v) is 10.6. The number of nitrogens with one attached hydrogen (secondary N) is 2. The second-order valence-corrected chi connectivity index (χ2v) is 7.74. The number of hydrogen-bond acceptors (Lipinski definition) is 4. The molecule has 0 radical (unpaired) electrons. The number of nitrogens with zero attached hydrogens (tertiary/aromatic N) is 2. The van der Waals surface area contributed by atoms with Crippen LogP contribution in [0.2, 0.25) is 0 Å². The maximum Gasteiger partial charge on any atom is 0.316 e. The summed E-state index contributed by atoms with van der Waals surface area (Å²) in [5, 5.41) is 8.97. The molecule has 6 N–H and O–H groups in total. The highest BCUT2D eigenvalue weighted by Crippen LogP contribution is 2.24. The van der Waals surface area contributed by atoms with Gasteiger partial charge in [0.15, 0.2) is 5.69 Å². The summed E-state index contributed by atoms with van der Waals surface area (Å²) in [6.45, 7) is 0.128. The highest BCUT2D eigenvalue weighted by molar-refractivity contribution is 6.00. The molecule has 0 atom stereocenters. The van der Waals surface area contributed by atoms with Crippen molar-refractivity contribution in [2.75, 3.05) is 5.32 Å². The molecule has 4 rings (SSSR count). The highest BCUT2D eigenvalue weighted by atomic mass is 19.1. The van der Waals surface area contributed by atoms with E-state index in [0.29, 0.717) is 22.4 Å². The molecule has 11 heteroatoms. The predicted octanol–water partition coefficient (Wildman–Crippen LogP) is 3.34. The Kier molecular flexibility index (Phi) is 6.72. The molecule has 0 saturated carbocycles. The molecule has 0 unspecified atom stereocenters. The Bertz CT molecular complexity index is 1450. The van der Waals surface area contributed by atoms with Gasteiger partial charge in [-0.2, -0.15) is 5.10 Å². The Balaban J connectivity index is 1.49. The summed E-state index contributed by atoms with van der Waals surface area (Å²) in [5.41, 5.74) is 12.6. The maximum atomic E-state index is 14.7. The van der Waals surface area contributed by atoms with Gasteiger partial charge in [-0.3, -0.25) is 9.59 Å². The van der Waals surface area contributed by atoms with Crippen LogP contribution in [0.4, 0.5) is 19.3 Å². The molecule has 9 nitrogen and oxygen atoms in total. The average Bonchev–Trinajstić information content (AvgIpc) is 3.27. The first-order valence-electron chi connectivity index (χ1n) is 10.6. The fourth-order valence-corrected chi connectivity index (χ4v) is 3.48. The molecule has 1 heterocycles. The summed E-state index contributed by atoms with van der Waals surface area (Å²) in [6, 6.07) is 15.7. The van der Waals surface area contributed by atoms with Crippen molar-refractivity contribution in [1.29, 1.82) is 0 Å². The van der Waals surface area contributed by atoms with E-state index in [-0.39, 0.29) is 29.3 Å². The van der Waals surface area contributed by atoms with Crippen LogP contribution in [0.25, 0.3) is 16.8 Å². The van der Waals surface area contributed by atoms with Gasteiger partial charge in [-0.05, 0) is 53.1 Å². The van der Waals surface area contributed by atoms with Crippen LogP contribution in [0.3, 0.4) is 0 Å². The van der Waals surface area contributed by atoms with Crippen LogP contribution in [0.5, 0.6) is 0 Å². The van der Waals surface area contributed by atoms with Gasteiger partial charge in [-0.25, -0.2) is 18.3 Å². The molecule has 0 aliphatic heterocycles. The Morgan fingerprint density at radius 2 is 1.56 bits per heavy atom. The van der Waals surface area contributed by atoms with E-state index in [0.717, 1.165) is 0 Å². The van der Waals surface area contributed by atoms with Crippen LogP contribution >= 0.6 is 0 Å². The van der Waals surface area contributed by atoms with E-state index in [1.54, 1.807) is 30.3 Å². The largest absolute Gasteiger partial charge is 0.364 e. The molecule has 36 heavy (non-hydrogen) atoms. The minimum atomic E-state index is -0.873. The van der Waals surface area contributed by atoms with E-state index in [1.807, 2.05) is 0 Å². The van der Waals surface area contributed by atoms with Gasteiger partial charge in [-0.15, -0.1) is 0 Å². The molecular weight excluding hydrogens is 470 g/mol. The van der Waals surface area contributed by atoms with Crippen LogP contribution < -0.4 is 22.1 Å². The lowest BCUT2D eigenvalue weighted by Crippen LogP contribution is -2.23. The van der Waals surface area contributed by atoms with Gasteiger partial charge in [0, 0.05) is 6.54 Å². The number of benzene rings is 3. The van der Waals surface area contributed by atoms with Gasteiger partial charge in [0.1, 0.15) is 11.6 Å². The number of amides is 4. The van der Waals surface area contributed by atoms with E-state index < -0.39 is 23.7 Å². The van der Waals surface area contributed by atoms with Gasteiger partial charge >= 0.3 is 6.03 Å². The normalized spacial score (nSPS) is 10.6. The van der Waals surface area contributed by atoms with Gasteiger partial charge in [-0.1, -0.05) is 30.3 Å². The number of anilines is 1. The Labute approximate surface area is 203 Å². The molecule has 4 aromatic rings. The SMILES string of the molecule is NC(=O)Nc1cn(-c2ccc(-c3ccc(C(=O)NCc4ccc(F)cc4)c(F)c3)cc2)nc1C(N)=O. The Morgan fingerprint density at radius 1 is 0.889 bits per heavy atom. The highest BCUT2D eigenvalue weighted by Gasteiger charge is 2.17. The number of nitrogens with two attached hydrogens (primary N) is 2. The number of rotatable bonds is 7. The molecule has 182 valence electrons. The number of urea groups is 1. The molecule has 4 amide bonds. The minimum Gasteiger partial charge on any atom is -0.364 e. The maximum absolute atomic E-state index is 14.7. The number of carbonyl (C=O) groups excluding carboxylic acids is 3. The van der Waals surface area contributed by atoms with Gasteiger partial charge in [0.25, 0.3) is 11.8 Å². The topological polar surface area (TPSA) is 145 Å². The van der Waals surface area contributed by atoms with Gasteiger partial charge in [0.05, 0.1) is 23.1 Å². The summed E-state index contributed by atoms with van der Waals surface area (Å²) in [6.07, 6.45) is 1.39. The van der Waals surface area contributed by atoms with E-state index in [9.17, 15) is 23.2 Å². The zero-order valence-electron chi connectivity index (χ0n) is 18.7. The van der Waals surface area contributed by atoms with Crippen LogP contribution in [-0.4, -0.2) is 27.6 Å². The quantitative estimate of drug-likeness (QED) is 0.315. The smallest absolute Gasteiger partial charge is 0.316 e. The summed E-state index contributed by atoms with van der Waals surface area (Å²) >= 11 is 0. The molecule has 0 fully saturated rings. The third-order valence-corrected chi connectivity index (χ3v) is 5.25. The van der Waals surface area contributed by atoms with Crippen molar-refractivity contribution in [3.8, 4) is 16.8 Å². The molecule has 1 aromatic heterocycles. The predicted molar refractivity (Wildman–Crippen MR) is 128 cm³/mol. The van der Waals surface area contributed by atoms with Crippen LogP contribution in [0.15, 0.2) is 72.9 Å². The fraction of sp³-hybridized carbons (Fsp3) is 0.0400. The van der Waals surface area contributed by atoms with Gasteiger partial charge < -0.3 is 22.1 Å². The zero-order chi connectivity index (χ0) is 25.8. The average molecular weight is 490 g/mol. The summed E-state index contributed by atoms with van der Waals surface area (Å²) in [4.78, 5) is 35.1. The fourth-order valence-electron chi connectivity index (χ4n) is 3.48. The summed E-state index contributed by atoms with van der Waals surface area (Å²) in [7, 11) is 0. The first-order chi connectivity index (χ1) is 17.2. The molecule has 0 aliphatic rings. The third-order valence-electron chi connectivity index (χ3n) is 5.25. The standard InChI is InChI=1S/C25H20F2N6O3/c26-17-6-1-14(2-7-17)12-30-24(35)19-10-5-16(11-20(19)27)15-3-8-18(9-4-15)33-13-21(31-25(29)36)22(32-33)23(28)34/h1-11,13H,12H2,(H2,28,34)(H,30,35)(H3,29,31,36). The van der Waals surface area contributed by atoms with Crippen LogP contribution in [-0.2, 0) is 6.54 Å². The number of primary amides is 2. The van der Waals surface area contributed by atoms with E-state index >= 15 is 0 Å². The number of halogens is 2. The number of hydrogen-bond donors (Lipinski definition) is 4. The van der Waals surface area contributed by atoms with E-state index in [2.05, 4.69) is 15.7 Å². The third kappa shape index (κ3) is 5.36. The molecule has 0 bridgehead atoms. The van der Waals surface area contributed by atoms with E-state index in [4.69, 9.17) is 11.5 Å². The molecule has 3 aromatic carbocycles. The van der Waals surface area contributed by atoms with Gasteiger partial charge in [0.2, 0.25) is 0 Å². The van der Waals surface area contributed by atoms with Crippen molar-refractivity contribution in [3.05, 3.63) is 101 Å². The first kappa shape index (κ1) is 24.1. The Morgan fingerprint density at radius 3 is 2.17 bits per heavy atom. The summed E-state index contributed by atoms with van der Waals surface area (Å²) < 4.78 is 29.1. The molecular formula is C25H20F2N6O3. The molecule has 0 spiro atoms. The lowest BCUT2D eigenvalue weighted by atomic mass is 10.0. The van der Waals surface area contributed by atoms with Crippen molar-refractivity contribution in [2.45, 2.75) is 6.54 Å². The minimum absolute atomic E-state index is 0.0643. The van der Waals surface area contributed by atoms with Crippen molar-refractivity contribution < 1.29 is 23.2 Å². The van der Waals surface area contributed by atoms with Crippen LogP contribution in [0.1, 0.15) is 26.4 Å². The lowest BCUT2D eigenvalue weighted by molar-refractivity contribution is 0.0945. The molecule has 0 aliphatic carbocycles. The summed E-state index contributed by atoms with van der Waals surface area (Å²) in [5.74, 6) is -2.52. The van der Waals surface area contributed by atoms with Crippen molar-refractivity contribution in [3.63, 3.8) is 0 Å². The Hall–Kier alpha value is -5.06. The molecule has 0 saturated heterocycles. The zero-order valence-corrected chi connectivity index (χ0v) is 18.7. The number of aromatic nitrogens is 2. The lowest BCUT2D eigenvalue weighted by Gasteiger charge is -2.09. The second-order valence-electron chi connectivity index (χ2n) is 7.74. The van der Waals surface area contributed by atoms with E-state index in [1.165, 1.54) is 47.3 Å². The monoisotopic (exact) mass is 490 g/mol. The van der Waals surface area contributed by atoms with Crippen molar-refractivity contribution in [2.24, 2.45) is 11.5 Å². The van der Waals surface area contributed by atoms with Crippen molar-refractivity contribution in [1.82, 2.24) is 15.1 Å². The van der Waals surface area contributed by atoms with Crippen molar-refractivity contribution >= 4 is 23.5 Å². The second kappa shape index (κ2) is 10.1.